The average molecular weight is 206 g/mol. The van der Waals surface area contributed by atoms with Crippen LogP contribution in [0.5, 0.6) is 0 Å². The Kier molecular flexibility index (Phi) is 1.97. The van der Waals surface area contributed by atoms with E-state index in [0.717, 1.165) is 4.47 Å². The molecule has 0 unspecified atom stereocenters. The Bertz CT molecular complexity index is 270. The Labute approximate surface area is 66.2 Å². The van der Waals surface area contributed by atoms with Gasteiger partial charge in [-0.15, -0.1) is 0 Å². The normalized spacial score (nSPS) is 9.56. The molecule has 0 aliphatic rings. The summed E-state index contributed by atoms with van der Waals surface area (Å²) in [6, 6.07) is 3.12. The summed E-state index contributed by atoms with van der Waals surface area (Å²) in [4.78, 5) is 10.6. The second-order valence-corrected chi connectivity index (χ2v) is 2.88. The van der Waals surface area contributed by atoms with Crippen molar-refractivity contribution in [2.24, 2.45) is 0 Å². The molecule has 0 N–H and O–H groups in total. The van der Waals surface area contributed by atoms with E-state index in [0.29, 0.717) is 0 Å². The van der Waals surface area contributed by atoms with Crippen molar-refractivity contribution in [3.8, 4) is 0 Å². The van der Waals surface area contributed by atoms with Crippen molar-refractivity contribution in [1.29, 1.82) is 0 Å². The first kappa shape index (κ1) is 6.89. The summed E-state index contributed by atoms with van der Waals surface area (Å²) in [7, 11) is 0. The second kappa shape index (κ2) is 2.58. The molecule has 0 saturated heterocycles. The van der Waals surface area contributed by atoms with Crippen LogP contribution in [0.15, 0.2) is 27.6 Å². The summed E-state index contributed by atoms with van der Waals surface area (Å²) in [5.41, 5.74) is -0.124. The van der Waals surface area contributed by atoms with Crippen LogP contribution in [-0.4, -0.2) is 3.97 Å². The third-order valence-corrected chi connectivity index (χ3v) is 1.64. The minimum atomic E-state index is -0.124. The SMILES string of the molecule is O=c1ccc(Br)cn1S. The minimum Gasteiger partial charge on any atom is -0.268 e. The van der Waals surface area contributed by atoms with Gasteiger partial charge in [-0.3, -0.25) is 8.77 Å². The molecule has 1 aromatic heterocycles. The molecule has 48 valence electrons. The molecular formula is C5H4BrNOS. The van der Waals surface area contributed by atoms with Gasteiger partial charge < -0.3 is 0 Å². The van der Waals surface area contributed by atoms with Crippen LogP contribution < -0.4 is 5.56 Å². The monoisotopic (exact) mass is 205 g/mol. The fraction of sp³-hybridized carbons (Fsp3) is 0. The fourth-order valence-corrected chi connectivity index (χ4v) is 1.14. The zero-order chi connectivity index (χ0) is 6.85. The van der Waals surface area contributed by atoms with E-state index in [1.165, 1.54) is 10.0 Å². The van der Waals surface area contributed by atoms with E-state index >= 15 is 0 Å². The smallest absolute Gasteiger partial charge is 0.260 e. The number of hydrogen-bond acceptors (Lipinski definition) is 2. The van der Waals surface area contributed by atoms with Crippen LogP contribution in [0.25, 0.3) is 0 Å². The molecular weight excluding hydrogens is 202 g/mol. The van der Waals surface area contributed by atoms with Crippen molar-refractivity contribution >= 4 is 28.7 Å². The molecule has 0 saturated carbocycles. The van der Waals surface area contributed by atoms with Gasteiger partial charge in [0.05, 0.1) is 0 Å². The van der Waals surface area contributed by atoms with Gasteiger partial charge in [0.15, 0.2) is 0 Å². The Balaban J connectivity index is 3.34. The third kappa shape index (κ3) is 1.59. The number of nitrogens with zero attached hydrogens (tertiary/aromatic N) is 1. The highest BCUT2D eigenvalue weighted by molar-refractivity contribution is 9.10. The molecule has 2 nitrogen and oxygen atoms in total. The van der Waals surface area contributed by atoms with Crippen LogP contribution in [0.4, 0.5) is 0 Å². The number of rotatable bonds is 0. The molecule has 0 aliphatic carbocycles. The first-order valence-electron chi connectivity index (χ1n) is 2.27. The van der Waals surface area contributed by atoms with Crippen LogP contribution in [-0.2, 0) is 0 Å². The largest absolute Gasteiger partial charge is 0.268 e. The predicted molar refractivity (Wildman–Crippen MR) is 42.8 cm³/mol. The van der Waals surface area contributed by atoms with Gasteiger partial charge in [0.25, 0.3) is 5.56 Å². The predicted octanol–water partition coefficient (Wildman–Crippen LogP) is 1.30. The molecule has 0 aromatic carbocycles. The number of thiol groups is 1. The van der Waals surface area contributed by atoms with Gasteiger partial charge in [0, 0.05) is 16.7 Å². The maximum atomic E-state index is 10.6. The Morgan fingerprint density at radius 3 is 2.67 bits per heavy atom. The van der Waals surface area contributed by atoms with Gasteiger partial charge in [-0.2, -0.15) is 0 Å². The van der Waals surface area contributed by atoms with Gasteiger partial charge in [-0.1, -0.05) is 12.8 Å². The molecule has 0 radical (unpaired) electrons. The summed E-state index contributed by atoms with van der Waals surface area (Å²) in [6.45, 7) is 0. The second-order valence-electron chi connectivity index (χ2n) is 1.53. The van der Waals surface area contributed by atoms with Crippen molar-refractivity contribution < 1.29 is 0 Å². The molecule has 0 atom stereocenters. The van der Waals surface area contributed by atoms with Gasteiger partial charge in [0.2, 0.25) is 0 Å². The highest BCUT2D eigenvalue weighted by Gasteiger charge is 1.88. The first-order chi connectivity index (χ1) is 4.20. The standard InChI is InChI=1S/C5H4BrNOS/c6-4-1-2-5(8)7(9)3-4/h1-3,9H. The van der Waals surface area contributed by atoms with E-state index < -0.39 is 0 Å². The lowest BCUT2D eigenvalue weighted by atomic mass is 10.5. The molecule has 9 heavy (non-hydrogen) atoms. The molecule has 1 heterocycles. The summed E-state index contributed by atoms with van der Waals surface area (Å²) >= 11 is 7.03. The molecule has 1 rings (SSSR count). The molecule has 0 fully saturated rings. The molecule has 0 aliphatic heterocycles. The fourth-order valence-electron chi connectivity index (χ4n) is 0.451. The zero-order valence-electron chi connectivity index (χ0n) is 4.41. The maximum Gasteiger partial charge on any atom is 0.260 e. The van der Waals surface area contributed by atoms with Crippen LogP contribution in [0, 0.1) is 0 Å². The summed E-state index contributed by atoms with van der Waals surface area (Å²) < 4.78 is 2.06. The molecule has 4 heteroatoms. The quantitative estimate of drug-likeness (QED) is 0.635. The van der Waals surface area contributed by atoms with Crippen LogP contribution in [0.1, 0.15) is 0 Å². The zero-order valence-corrected chi connectivity index (χ0v) is 6.89. The summed E-state index contributed by atoms with van der Waals surface area (Å²) in [5.74, 6) is 0. The molecule has 0 spiro atoms. The molecule has 1 aromatic rings. The molecule has 0 amide bonds. The summed E-state index contributed by atoms with van der Waals surface area (Å²) in [6.07, 6.45) is 1.59. The number of halogens is 1. The Hall–Kier alpha value is -0.220. The van der Waals surface area contributed by atoms with E-state index in [4.69, 9.17) is 0 Å². The topological polar surface area (TPSA) is 22.0 Å². The van der Waals surface area contributed by atoms with Crippen molar-refractivity contribution in [3.05, 3.63) is 33.2 Å². The van der Waals surface area contributed by atoms with E-state index in [9.17, 15) is 4.79 Å². The third-order valence-electron chi connectivity index (χ3n) is 0.857. The highest BCUT2D eigenvalue weighted by Crippen LogP contribution is 2.04. The van der Waals surface area contributed by atoms with Gasteiger partial charge >= 0.3 is 0 Å². The summed E-state index contributed by atoms with van der Waals surface area (Å²) in [5, 5.41) is 0. The molecule has 0 bridgehead atoms. The minimum absolute atomic E-state index is 0.124. The highest BCUT2D eigenvalue weighted by atomic mass is 79.9. The number of pyridine rings is 1. The van der Waals surface area contributed by atoms with E-state index in [-0.39, 0.29) is 5.56 Å². The van der Waals surface area contributed by atoms with Crippen LogP contribution in [0.2, 0.25) is 0 Å². The lowest BCUT2D eigenvalue weighted by Crippen LogP contribution is -2.08. The number of aromatic nitrogens is 1. The van der Waals surface area contributed by atoms with Crippen molar-refractivity contribution in [3.63, 3.8) is 0 Å². The van der Waals surface area contributed by atoms with Gasteiger partial charge in [-0.05, 0) is 22.0 Å². The van der Waals surface area contributed by atoms with Crippen molar-refractivity contribution in [2.75, 3.05) is 0 Å². The van der Waals surface area contributed by atoms with Gasteiger partial charge in [0.1, 0.15) is 0 Å². The van der Waals surface area contributed by atoms with Crippen molar-refractivity contribution in [1.82, 2.24) is 3.97 Å². The maximum absolute atomic E-state index is 10.6. The van der Waals surface area contributed by atoms with E-state index in [1.54, 1.807) is 12.3 Å². The van der Waals surface area contributed by atoms with E-state index in [2.05, 4.69) is 28.7 Å². The first-order valence-corrected chi connectivity index (χ1v) is 3.47. The van der Waals surface area contributed by atoms with E-state index in [1.807, 2.05) is 0 Å². The van der Waals surface area contributed by atoms with Crippen LogP contribution >= 0.6 is 28.7 Å². The Morgan fingerprint density at radius 1 is 1.56 bits per heavy atom. The van der Waals surface area contributed by atoms with Gasteiger partial charge in [-0.25, -0.2) is 0 Å². The average Bonchev–Trinajstić information content (AvgIpc) is 1.80. The Morgan fingerprint density at radius 2 is 2.22 bits per heavy atom. The lowest BCUT2D eigenvalue weighted by molar-refractivity contribution is 1.15. The van der Waals surface area contributed by atoms with Crippen molar-refractivity contribution in [2.45, 2.75) is 0 Å². The number of hydrogen-bond donors (Lipinski definition) is 1. The van der Waals surface area contributed by atoms with Crippen LogP contribution in [0.3, 0.4) is 0 Å². The lowest BCUT2D eigenvalue weighted by Gasteiger charge is -1.92.